The normalized spacial score (nSPS) is 11.3. The fourth-order valence-corrected chi connectivity index (χ4v) is 2.30. The summed E-state index contributed by atoms with van der Waals surface area (Å²) in [7, 11) is 0. The van der Waals surface area contributed by atoms with Gasteiger partial charge in [-0.2, -0.15) is 0 Å². The van der Waals surface area contributed by atoms with E-state index >= 15 is 0 Å². The van der Waals surface area contributed by atoms with Crippen LogP contribution in [0.15, 0.2) is 5.38 Å². The second kappa shape index (κ2) is 6.63. The Morgan fingerprint density at radius 2 is 2.21 bits per heavy atom. The predicted molar refractivity (Wildman–Crippen MR) is 73.3 cm³/mol. The first-order valence-electron chi connectivity index (χ1n) is 6.03. The van der Waals surface area contributed by atoms with E-state index in [0.29, 0.717) is 25.1 Å². The summed E-state index contributed by atoms with van der Waals surface area (Å²) in [6.07, 6.45) is 1.04. The Hall–Kier alpha value is -1.47. The highest BCUT2D eigenvalue weighted by Gasteiger charge is 2.23. The Labute approximate surface area is 116 Å². The first-order chi connectivity index (χ1) is 8.84. The molecule has 0 saturated heterocycles. The number of aliphatic carboxylic acids is 1. The lowest BCUT2D eigenvalue weighted by Crippen LogP contribution is -2.43. The van der Waals surface area contributed by atoms with Gasteiger partial charge in [-0.3, -0.25) is 9.59 Å². The van der Waals surface area contributed by atoms with Gasteiger partial charge in [0, 0.05) is 23.8 Å². The first kappa shape index (κ1) is 15.6. The number of carbonyl (C=O) groups excluding carboxylic acids is 1. The van der Waals surface area contributed by atoms with Gasteiger partial charge in [-0.15, -0.1) is 11.3 Å². The largest absolute Gasteiger partial charge is 0.481 e. The molecule has 1 amide bonds. The Kier molecular flexibility index (Phi) is 5.44. The number of rotatable bonds is 7. The summed E-state index contributed by atoms with van der Waals surface area (Å²) in [6, 6.07) is 0. The van der Waals surface area contributed by atoms with E-state index in [4.69, 9.17) is 10.8 Å². The quantitative estimate of drug-likeness (QED) is 0.693. The summed E-state index contributed by atoms with van der Waals surface area (Å²) in [5, 5.41) is 14.0. The zero-order chi connectivity index (χ0) is 14.5. The van der Waals surface area contributed by atoms with Gasteiger partial charge in [0.1, 0.15) is 5.69 Å². The van der Waals surface area contributed by atoms with Crippen LogP contribution in [0.3, 0.4) is 0 Å². The molecule has 0 aliphatic carbocycles. The molecule has 0 fully saturated rings. The van der Waals surface area contributed by atoms with Crippen molar-refractivity contribution >= 4 is 23.2 Å². The molecule has 0 bridgehead atoms. The Morgan fingerprint density at radius 3 is 2.79 bits per heavy atom. The minimum Gasteiger partial charge on any atom is -0.481 e. The third-order valence-corrected chi connectivity index (χ3v) is 3.47. The molecule has 0 radical (unpaired) electrons. The minimum atomic E-state index is -0.874. The zero-order valence-electron chi connectivity index (χ0n) is 11.1. The molecule has 0 aromatic carbocycles. The van der Waals surface area contributed by atoms with Crippen molar-refractivity contribution in [1.82, 2.24) is 10.3 Å². The van der Waals surface area contributed by atoms with Gasteiger partial charge < -0.3 is 16.2 Å². The molecule has 19 heavy (non-hydrogen) atoms. The number of amides is 1. The van der Waals surface area contributed by atoms with Gasteiger partial charge in [0.25, 0.3) is 5.91 Å². The van der Waals surface area contributed by atoms with E-state index in [1.165, 1.54) is 11.3 Å². The van der Waals surface area contributed by atoms with Crippen molar-refractivity contribution in [1.29, 1.82) is 0 Å². The second-order valence-electron chi connectivity index (χ2n) is 4.90. The Bertz CT molecular complexity index is 457. The molecule has 106 valence electrons. The number of carboxylic acids is 1. The van der Waals surface area contributed by atoms with Crippen LogP contribution in [0, 0.1) is 0 Å². The van der Waals surface area contributed by atoms with Crippen LogP contribution in [0.5, 0.6) is 0 Å². The molecular formula is C12H19N3O3S. The summed E-state index contributed by atoms with van der Waals surface area (Å²) >= 11 is 1.40. The molecule has 1 heterocycles. The maximum absolute atomic E-state index is 12.0. The van der Waals surface area contributed by atoms with Crippen LogP contribution < -0.4 is 11.1 Å². The maximum Gasteiger partial charge on any atom is 0.303 e. The maximum atomic E-state index is 12.0. The highest BCUT2D eigenvalue weighted by molar-refractivity contribution is 7.09. The highest BCUT2D eigenvalue weighted by atomic mass is 32.1. The van der Waals surface area contributed by atoms with Crippen molar-refractivity contribution < 1.29 is 14.7 Å². The standard InChI is InChI=1S/C12H19N3O3S/c1-12(2,5-3-10(16)17)15-11(18)8-7-19-9(14-8)4-6-13/h7H,3-6,13H2,1-2H3,(H,15,18)(H,16,17). The molecular weight excluding hydrogens is 266 g/mol. The molecule has 0 unspecified atom stereocenters. The first-order valence-corrected chi connectivity index (χ1v) is 6.91. The fourth-order valence-electron chi connectivity index (χ4n) is 1.51. The highest BCUT2D eigenvalue weighted by Crippen LogP contribution is 2.14. The minimum absolute atomic E-state index is 0.0166. The van der Waals surface area contributed by atoms with Crippen LogP contribution in [0.25, 0.3) is 0 Å². The van der Waals surface area contributed by atoms with E-state index < -0.39 is 11.5 Å². The number of hydrogen-bond donors (Lipinski definition) is 3. The van der Waals surface area contributed by atoms with Crippen molar-refractivity contribution in [2.75, 3.05) is 6.54 Å². The smallest absolute Gasteiger partial charge is 0.303 e. The van der Waals surface area contributed by atoms with Crippen molar-refractivity contribution in [3.8, 4) is 0 Å². The summed E-state index contributed by atoms with van der Waals surface area (Å²) < 4.78 is 0. The van der Waals surface area contributed by atoms with Crippen LogP contribution in [0.2, 0.25) is 0 Å². The monoisotopic (exact) mass is 285 g/mol. The average molecular weight is 285 g/mol. The van der Waals surface area contributed by atoms with Crippen molar-refractivity contribution in [3.05, 3.63) is 16.1 Å². The van der Waals surface area contributed by atoms with Crippen molar-refractivity contribution in [2.24, 2.45) is 5.73 Å². The molecule has 1 aromatic heterocycles. The lowest BCUT2D eigenvalue weighted by atomic mass is 9.98. The second-order valence-corrected chi connectivity index (χ2v) is 5.84. The fraction of sp³-hybridized carbons (Fsp3) is 0.583. The number of nitrogens with one attached hydrogen (secondary N) is 1. The van der Waals surface area contributed by atoms with Gasteiger partial charge in [-0.1, -0.05) is 0 Å². The number of aromatic nitrogens is 1. The number of nitrogens with zero attached hydrogens (tertiary/aromatic N) is 1. The lowest BCUT2D eigenvalue weighted by Gasteiger charge is -2.25. The third kappa shape index (κ3) is 5.35. The summed E-state index contributed by atoms with van der Waals surface area (Å²) in [5.74, 6) is -1.16. The molecule has 0 saturated carbocycles. The van der Waals surface area contributed by atoms with E-state index in [-0.39, 0.29) is 12.3 Å². The molecule has 1 rings (SSSR count). The Morgan fingerprint density at radius 1 is 1.53 bits per heavy atom. The summed E-state index contributed by atoms with van der Waals surface area (Å²) in [5.41, 5.74) is 5.21. The molecule has 0 aliphatic heterocycles. The van der Waals surface area contributed by atoms with E-state index in [9.17, 15) is 9.59 Å². The average Bonchev–Trinajstić information content (AvgIpc) is 2.75. The molecule has 0 spiro atoms. The molecule has 6 nitrogen and oxygen atoms in total. The van der Waals surface area contributed by atoms with Gasteiger partial charge in [0.05, 0.1) is 5.01 Å². The number of nitrogens with two attached hydrogens (primary N) is 1. The van der Waals surface area contributed by atoms with Gasteiger partial charge in [0.2, 0.25) is 0 Å². The predicted octanol–water partition coefficient (Wildman–Crippen LogP) is 1.02. The molecule has 4 N–H and O–H groups in total. The molecule has 1 aromatic rings. The summed E-state index contributed by atoms with van der Waals surface area (Å²) in [4.78, 5) is 26.7. The van der Waals surface area contributed by atoms with Crippen LogP contribution in [0.4, 0.5) is 0 Å². The van der Waals surface area contributed by atoms with Gasteiger partial charge in [0.15, 0.2) is 0 Å². The van der Waals surface area contributed by atoms with Crippen molar-refractivity contribution in [2.45, 2.75) is 38.6 Å². The Balaban J connectivity index is 2.59. The number of thiazole rings is 1. The molecule has 0 atom stereocenters. The van der Waals surface area contributed by atoms with Gasteiger partial charge in [-0.05, 0) is 26.8 Å². The SMILES string of the molecule is CC(C)(CCC(=O)O)NC(=O)c1csc(CCN)n1. The lowest BCUT2D eigenvalue weighted by molar-refractivity contribution is -0.137. The van der Waals surface area contributed by atoms with Crippen LogP contribution >= 0.6 is 11.3 Å². The zero-order valence-corrected chi connectivity index (χ0v) is 11.9. The van der Waals surface area contributed by atoms with Gasteiger partial charge >= 0.3 is 5.97 Å². The number of hydrogen-bond acceptors (Lipinski definition) is 5. The van der Waals surface area contributed by atoms with E-state index in [1.807, 2.05) is 0 Å². The van der Waals surface area contributed by atoms with Crippen LogP contribution in [0.1, 0.15) is 42.2 Å². The molecule has 7 heteroatoms. The van der Waals surface area contributed by atoms with E-state index in [2.05, 4.69) is 10.3 Å². The van der Waals surface area contributed by atoms with Gasteiger partial charge in [-0.25, -0.2) is 4.98 Å². The number of carboxylic acid groups (broad SMARTS) is 1. The van der Waals surface area contributed by atoms with Crippen molar-refractivity contribution in [3.63, 3.8) is 0 Å². The van der Waals surface area contributed by atoms with Crippen LogP contribution in [-0.2, 0) is 11.2 Å². The van der Waals surface area contributed by atoms with Crippen LogP contribution in [-0.4, -0.2) is 34.1 Å². The third-order valence-electron chi connectivity index (χ3n) is 2.56. The van der Waals surface area contributed by atoms with E-state index in [0.717, 1.165) is 5.01 Å². The van der Waals surface area contributed by atoms with E-state index in [1.54, 1.807) is 19.2 Å². The topological polar surface area (TPSA) is 105 Å². The molecule has 0 aliphatic rings. The number of carbonyl (C=O) groups is 2. The summed E-state index contributed by atoms with van der Waals surface area (Å²) in [6.45, 7) is 4.08.